The second-order valence-corrected chi connectivity index (χ2v) is 6.80. The van der Waals surface area contributed by atoms with Crippen LogP contribution in [0.1, 0.15) is 49.0 Å². The lowest BCUT2D eigenvalue weighted by atomic mass is 9.89. The van der Waals surface area contributed by atoms with Gasteiger partial charge in [-0.15, -0.1) is 0 Å². The summed E-state index contributed by atoms with van der Waals surface area (Å²) in [5, 5.41) is 12.6. The van der Waals surface area contributed by atoms with Gasteiger partial charge in [0, 0.05) is 55.6 Å². The Hall–Kier alpha value is -1.62. The van der Waals surface area contributed by atoms with Crippen LogP contribution in [0.2, 0.25) is 0 Å². The molecule has 21 heavy (non-hydrogen) atoms. The van der Waals surface area contributed by atoms with E-state index in [1.807, 2.05) is 23.5 Å². The van der Waals surface area contributed by atoms with Crippen molar-refractivity contribution >= 4 is 0 Å². The van der Waals surface area contributed by atoms with E-state index in [4.69, 9.17) is 0 Å². The summed E-state index contributed by atoms with van der Waals surface area (Å²) in [4.78, 5) is 0. The van der Waals surface area contributed by atoms with Crippen molar-refractivity contribution in [3.63, 3.8) is 0 Å². The lowest BCUT2D eigenvalue weighted by Crippen LogP contribution is -2.19. The summed E-state index contributed by atoms with van der Waals surface area (Å²) in [6.07, 6.45) is 2.11. The van der Waals surface area contributed by atoms with Gasteiger partial charge in [0.25, 0.3) is 0 Å². The summed E-state index contributed by atoms with van der Waals surface area (Å²) >= 11 is 0. The first-order valence-corrected chi connectivity index (χ1v) is 7.43. The van der Waals surface area contributed by atoms with Gasteiger partial charge in [-0.25, -0.2) is 0 Å². The minimum absolute atomic E-state index is 0.0679. The summed E-state index contributed by atoms with van der Waals surface area (Å²) in [6, 6.07) is 0. The largest absolute Gasteiger partial charge is 0.308 e. The Labute approximate surface area is 127 Å². The van der Waals surface area contributed by atoms with Crippen molar-refractivity contribution in [2.75, 3.05) is 0 Å². The van der Waals surface area contributed by atoms with Gasteiger partial charge in [-0.3, -0.25) is 9.36 Å². The molecule has 0 radical (unpaired) electrons. The molecule has 2 heterocycles. The summed E-state index contributed by atoms with van der Waals surface area (Å²) in [6.45, 7) is 12.4. The summed E-state index contributed by atoms with van der Waals surface area (Å²) < 4.78 is 3.84. The molecule has 116 valence electrons. The highest BCUT2D eigenvalue weighted by molar-refractivity contribution is 5.26. The van der Waals surface area contributed by atoms with Crippen molar-refractivity contribution in [3.8, 4) is 0 Å². The van der Waals surface area contributed by atoms with Crippen LogP contribution in [0.3, 0.4) is 0 Å². The molecule has 2 rings (SSSR count). The molecule has 0 spiro atoms. The zero-order valence-corrected chi connectivity index (χ0v) is 14.3. The number of nitrogens with one attached hydrogen (secondary N) is 1. The van der Waals surface area contributed by atoms with Crippen LogP contribution in [-0.2, 0) is 32.6 Å². The molecular formula is C16H27N5. The summed E-state index contributed by atoms with van der Waals surface area (Å²) in [7, 11) is 3.97. The molecule has 0 aliphatic heterocycles. The zero-order valence-electron chi connectivity index (χ0n) is 14.3. The molecule has 0 fully saturated rings. The lowest BCUT2D eigenvalue weighted by molar-refractivity contribution is 0.543. The van der Waals surface area contributed by atoms with Gasteiger partial charge in [-0.1, -0.05) is 20.8 Å². The van der Waals surface area contributed by atoms with Crippen LogP contribution in [-0.4, -0.2) is 19.6 Å². The van der Waals surface area contributed by atoms with E-state index >= 15 is 0 Å². The van der Waals surface area contributed by atoms with Gasteiger partial charge in [0.1, 0.15) is 0 Å². The van der Waals surface area contributed by atoms with Gasteiger partial charge < -0.3 is 5.32 Å². The SMILES string of the molecule is Cc1nn(C)c(C)c1CNCc1cn(C)nc1C(C)(C)C. The fourth-order valence-corrected chi connectivity index (χ4v) is 2.69. The third-order valence-electron chi connectivity index (χ3n) is 3.89. The van der Waals surface area contributed by atoms with E-state index in [0.29, 0.717) is 0 Å². The molecule has 5 heteroatoms. The monoisotopic (exact) mass is 289 g/mol. The molecule has 0 atom stereocenters. The Morgan fingerprint density at radius 1 is 1.10 bits per heavy atom. The Morgan fingerprint density at radius 2 is 1.76 bits per heavy atom. The molecule has 0 amide bonds. The van der Waals surface area contributed by atoms with E-state index < -0.39 is 0 Å². The van der Waals surface area contributed by atoms with E-state index in [2.05, 4.69) is 56.3 Å². The second-order valence-electron chi connectivity index (χ2n) is 6.80. The molecule has 0 aromatic carbocycles. The van der Waals surface area contributed by atoms with Gasteiger partial charge >= 0.3 is 0 Å². The standard InChI is InChI=1S/C16H27N5/c1-11-14(12(2)21(7)18-11)9-17-8-13-10-20(6)19-15(13)16(3,4)5/h10,17H,8-9H2,1-7H3. The fourth-order valence-electron chi connectivity index (χ4n) is 2.69. The van der Waals surface area contributed by atoms with E-state index in [9.17, 15) is 0 Å². The highest BCUT2D eigenvalue weighted by atomic mass is 15.3. The molecule has 0 aliphatic rings. The van der Waals surface area contributed by atoms with Crippen molar-refractivity contribution in [2.45, 2.75) is 53.1 Å². The number of rotatable bonds is 4. The van der Waals surface area contributed by atoms with Crippen LogP contribution in [0.4, 0.5) is 0 Å². The van der Waals surface area contributed by atoms with Crippen LogP contribution in [0, 0.1) is 13.8 Å². The van der Waals surface area contributed by atoms with E-state index in [-0.39, 0.29) is 5.41 Å². The highest BCUT2D eigenvalue weighted by Crippen LogP contribution is 2.24. The van der Waals surface area contributed by atoms with Crippen LogP contribution in [0.25, 0.3) is 0 Å². The van der Waals surface area contributed by atoms with Crippen molar-refractivity contribution in [3.05, 3.63) is 34.4 Å². The Kier molecular flexibility index (Phi) is 4.23. The molecule has 1 N–H and O–H groups in total. The smallest absolute Gasteiger partial charge is 0.0722 e. The van der Waals surface area contributed by atoms with Crippen molar-refractivity contribution in [1.29, 1.82) is 0 Å². The molecular weight excluding hydrogens is 262 g/mol. The Bertz CT molecular complexity index is 628. The molecule has 2 aromatic rings. The maximum absolute atomic E-state index is 4.61. The normalized spacial score (nSPS) is 12.1. The van der Waals surface area contributed by atoms with Gasteiger partial charge in [0.05, 0.1) is 11.4 Å². The third-order valence-corrected chi connectivity index (χ3v) is 3.89. The van der Waals surface area contributed by atoms with Gasteiger partial charge in [-0.05, 0) is 13.8 Å². The number of hydrogen-bond acceptors (Lipinski definition) is 3. The molecule has 0 unspecified atom stereocenters. The van der Waals surface area contributed by atoms with Crippen molar-refractivity contribution in [1.82, 2.24) is 24.9 Å². The number of hydrogen-bond donors (Lipinski definition) is 1. The van der Waals surface area contributed by atoms with Crippen LogP contribution in [0.15, 0.2) is 6.20 Å². The molecule has 5 nitrogen and oxygen atoms in total. The summed E-state index contributed by atoms with van der Waals surface area (Å²) in [5.41, 5.74) is 6.12. The van der Waals surface area contributed by atoms with Crippen molar-refractivity contribution in [2.24, 2.45) is 14.1 Å². The average molecular weight is 289 g/mol. The number of aromatic nitrogens is 4. The molecule has 0 aliphatic carbocycles. The minimum atomic E-state index is 0.0679. The second kappa shape index (κ2) is 5.64. The van der Waals surface area contributed by atoms with Gasteiger partial charge in [-0.2, -0.15) is 10.2 Å². The predicted molar refractivity (Wildman–Crippen MR) is 85.1 cm³/mol. The molecule has 2 aromatic heterocycles. The fraction of sp³-hybridized carbons (Fsp3) is 0.625. The topological polar surface area (TPSA) is 47.7 Å². The Morgan fingerprint density at radius 3 is 2.29 bits per heavy atom. The number of aryl methyl sites for hydroxylation is 3. The first kappa shape index (κ1) is 15.8. The maximum atomic E-state index is 4.61. The third kappa shape index (κ3) is 3.35. The van der Waals surface area contributed by atoms with Crippen LogP contribution in [0.5, 0.6) is 0 Å². The first-order chi connectivity index (χ1) is 9.70. The zero-order chi connectivity index (χ0) is 15.8. The summed E-state index contributed by atoms with van der Waals surface area (Å²) in [5.74, 6) is 0. The van der Waals surface area contributed by atoms with E-state index in [1.54, 1.807) is 0 Å². The van der Waals surface area contributed by atoms with E-state index in [0.717, 1.165) is 24.5 Å². The van der Waals surface area contributed by atoms with Gasteiger partial charge in [0.2, 0.25) is 0 Å². The maximum Gasteiger partial charge on any atom is 0.0722 e. The van der Waals surface area contributed by atoms with Gasteiger partial charge in [0.15, 0.2) is 0 Å². The Balaban J connectivity index is 2.07. The minimum Gasteiger partial charge on any atom is -0.308 e. The predicted octanol–water partition coefficient (Wildman–Crippen LogP) is 2.36. The van der Waals surface area contributed by atoms with Crippen LogP contribution >= 0.6 is 0 Å². The molecule has 0 bridgehead atoms. The lowest BCUT2D eigenvalue weighted by Gasteiger charge is -2.17. The highest BCUT2D eigenvalue weighted by Gasteiger charge is 2.21. The van der Waals surface area contributed by atoms with E-state index in [1.165, 1.54) is 16.8 Å². The molecule has 0 saturated heterocycles. The average Bonchev–Trinajstić information content (AvgIpc) is 2.84. The van der Waals surface area contributed by atoms with Crippen LogP contribution < -0.4 is 5.32 Å². The van der Waals surface area contributed by atoms with Crippen molar-refractivity contribution < 1.29 is 0 Å². The quantitative estimate of drug-likeness (QED) is 0.940. The molecule has 0 saturated carbocycles. The first-order valence-electron chi connectivity index (χ1n) is 7.43. The number of nitrogens with zero attached hydrogens (tertiary/aromatic N) is 4.